The minimum atomic E-state index is -0.352. The lowest BCUT2D eigenvalue weighted by Gasteiger charge is -2.35. The second kappa shape index (κ2) is 9.73. The molecule has 1 saturated heterocycles. The lowest BCUT2D eigenvalue weighted by Crippen LogP contribution is -2.44. The first kappa shape index (κ1) is 24.0. The molecule has 0 unspecified atom stereocenters. The van der Waals surface area contributed by atoms with Gasteiger partial charge in [0, 0.05) is 18.5 Å². The number of nitrogens with zero attached hydrogens (tertiary/aromatic N) is 3. The Morgan fingerprint density at radius 3 is 2.64 bits per heavy atom. The number of aryl methyl sites for hydroxylation is 1. The number of anilines is 2. The molecule has 2 aliphatic heterocycles. The molecule has 2 aromatic carbocycles. The van der Waals surface area contributed by atoms with E-state index < -0.39 is 0 Å². The van der Waals surface area contributed by atoms with Crippen LogP contribution >= 0.6 is 11.3 Å². The van der Waals surface area contributed by atoms with Gasteiger partial charge in [-0.25, -0.2) is 9.88 Å². The van der Waals surface area contributed by atoms with Crippen molar-refractivity contribution in [2.75, 3.05) is 30.0 Å². The maximum absolute atomic E-state index is 13.5. The van der Waals surface area contributed by atoms with Crippen LogP contribution in [0, 0.1) is 12.8 Å². The number of piperidine rings is 1. The van der Waals surface area contributed by atoms with Crippen LogP contribution in [0.3, 0.4) is 0 Å². The molecule has 2 atom stereocenters. The molecule has 1 N–H and O–H groups in total. The summed E-state index contributed by atoms with van der Waals surface area (Å²) in [6.07, 6.45) is 1.58. The Bertz CT molecular complexity index is 1320. The number of methoxy groups -OCH3 is 1. The van der Waals surface area contributed by atoms with Gasteiger partial charge in [0.15, 0.2) is 0 Å². The molecule has 0 spiro atoms. The molecule has 2 aliphatic rings. The highest BCUT2D eigenvalue weighted by Crippen LogP contribution is 2.36. The van der Waals surface area contributed by atoms with Gasteiger partial charge >= 0.3 is 0 Å². The lowest BCUT2D eigenvalue weighted by molar-refractivity contribution is -0.125. The number of thiazole rings is 1. The first-order chi connectivity index (χ1) is 17.4. The molecule has 3 aromatic rings. The van der Waals surface area contributed by atoms with Crippen molar-refractivity contribution in [3.8, 4) is 5.75 Å². The number of hydrogen-bond donors (Lipinski definition) is 1. The van der Waals surface area contributed by atoms with Crippen LogP contribution in [-0.4, -0.2) is 42.9 Å². The molecule has 1 fully saturated rings. The van der Waals surface area contributed by atoms with Crippen molar-refractivity contribution in [2.45, 2.75) is 32.7 Å². The van der Waals surface area contributed by atoms with E-state index in [1.807, 2.05) is 25.3 Å². The number of rotatable bonds is 6. The summed E-state index contributed by atoms with van der Waals surface area (Å²) < 4.78 is 5.19. The van der Waals surface area contributed by atoms with Crippen molar-refractivity contribution in [2.24, 2.45) is 5.92 Å². The highest BCUT2D eigenvalue weighted by molar-refractivity contribution is 7.09. The van der Waals surface area contributed by atoms with Gasteiger partial charge in [0.2, 0.25) is 5.91 Å². The summed E-state index contributed by atoms with van der Waals surface area (Å²) in [6, 6.07) is 12.0. The molecule has 3 amide bonds. The van der Waals surface area contributed by atoms with Gasteiger partial charge in [-0.15, -0.1) is 11.3 Å². The molecule has 36 heavy (non-hydrogen) atoms. The Balaban J connectivity index is 1.36. The van der Waals surface area contributed by atoms with Crippen molar-refractivity contribution in [3.05, 3.63) is 69.7 Å². The summed E-state index contributed by atoms with van der Waals surface area (Å²) in [5.41, 5.74) is 2.83. The zero-order valence-electron chi connectivity index (χ0n) is 20.5. The van der Waals surface area contributed by atoms with Gasteiger partial charge in [0.1, 0.15) is 5.75 Å². The smallest absolute Gasteiger partial charge is 0.268 e. The number of hydrogen-bond acceptors (Lipinski definition) is 7. The van der Waals surface area contributed by atoms with Crippen molar-refractivity contribution in [1.29, 1.82) is 0 Å². The van der Waals surface area contributed by atoms with E-state index in [9.17, 15) is 14.4 Å². The molecule has 0 saturated carbocycles. The van der Waals surface area contributed by atoms with Gasteiger partial charge in [0.05, 0.1) is 52.3 Å². The maximum atomic E-state index is 13.5. The second-order valence-corrected chi connectivity index (χ2v) is 10.2. The SMILES string of the molecule is COc1ccc(N2C(=O)c3cccc(N4CCC[C@@H](C(=O)N[C@H](C)c5csc(C)n5)C4)c3C2=O)cc1. The molecule has 5 rings (SSSR count). The summed E-state index contributed by atoms with van der Waals surface area (Å²) in [7, 11) is 1.57. The summed E-state index contributed by atoms with van der Waals surface area (Å²) in [5, 5.41) is 6.03. The van der Waals surface area contributed by atoms with Gasteiger partial charge in [-0.05, 0) is 63.1 Å². The normalized spacial score (nSPS) is 18.2. The first-order valence-electron chi connectivity index (χ1n) is 12.0. The van der Waals surface area contributed by atoms with E-state index in [2.05, 4.69) is 15.2 Å². The van der Waals surface area contributed by atoms with Crippen molar-refractivity contribution >= 4 is 40.4 Å². The zero-order chi connectivity index (χ0) is 25.4. The van der Waals surface area contributed by atoms with E-state index in [-0.39, 0.29) is 29.7 Å². The Hall–Kier alpha value is -3.72. The van der Waals surface area contributed by atoms with Crippen LogP contribution in [0.5, 0.6) is 5.75 Å². The lowest BCUT2D eigenvalue weighted by atomic mass is 9.95. The van der Waals surface area contributed by atoms with Crippen LogP contribution in [0.1, 0.15) is 57.2 Å². The van der Waals surface area contributed by atoms with Crippen LogP contribution in [0.4, 0.5) is 11.4 Å². The predicted octanol–water partition coefficient (Wildman–Crippen LogP) is 4.35. The maximum Gasteiger partial charge on any atom is 0.268 e. The highest BCUT2D eigenvalue weighted by atomic mass is 32.1. The Labute approximate surface area is 213 Å². The zero-order valence-corrected chi connectivity index (χ0v) is 21.3. The molecule has 186 valence electrons. The fourth-order valence-corrected chi connectivity index (χ4v) is 5.60. The van der Waals surface area contributed by atoms with Crippen LogP contribution in [0.15, 0.2) is 47.8 Å². The Morgan fingerprint density at radius 1 is 1.17 bits per heavy atom. The third-order valence-electron chi connectivity index (χ3n) is 6.80. The summed E-state index contributed by atoms with van der Waals surface area (Å²) in [4.78, 5) is 47.6. The van der Waals surface area contributed by atoms with E-state index in [4.69, 9.17) is 4.74 Å². The summed E-state index contributed by atoms with van der Waals surface area (Å²) in [6.45, 7) is 5.08. The minimum Gasteiger partial charge on any atom is -0.497 e. The number of benzene rings is 2. The van der Waals surface area contributed by atoms with Gasteiger partial charge in [-0.1, -0.05) is 6.07 Å². The molecule has 1 aromatic heterocycles. The van der Waals surface area contributed by atoms with Gasteiger partial charge in [-0.3, -0.25) is 14.4 Å². The van der Waals surface area contributed by atoms with Crippen molar-refractivity contribution in [1.82, 2.24) is 10.3 Å². The number of ether oxygens (including phenoxy) is 1. The number of nitrogens with one attached hydrogen (secondary N) is 1. The van der Waals surface area contributed by atoms with E-state index in [1.165, 1.54) is 4.90 Å². The van der Waals surface area contributed by atoms with Gasteiger partial charge in [-0.2, -0.15) is 0 Å². The molecule has 0 aliphatic carbocycles. The van der Waals surface area contributed by atoms with E-state index in [0.29, 0.717) is 41.3 Å². The van der Waals surface area contributed by atoms with Crippen LogP contribution in [-0.2, 0) is 4.79 Å². The van der Waals surface area contributed by atoms with E-state index >= 15 is 0 Å². The molecule has 0 bridgehead atoms. The van der Waals surface area contributed by atoms with E-state index in [0.717, 1.165) is 23.5 Å². The third kappa shape index (κ3) is 4.35. The van der Waals surface area contributed by atoms with Gasteiger partial charge < -0.3 is 15.0 Å². The number of fused-ring (bicyclic) bond motifs is 1. The molecule has 0 radical (unpaired) electrons. The average molecular weight is 505 g/mol. The largest absolute Gasteiger partial charge is 0.497 e. The van der Waals surface area contributed by atoms with Crippen LogP contribution in [0.25, 0.3) is 0 Å². The standard InChI is InChI=1S/C27H28N4O4S/c1-16(22-15-36-17(2)29-22)28-25(32)18-6-5-13-30(14-18)23-8-4-7-21-24(23)27(34)31(26(21)33)19-9-11-20(35-3)12-10-19/h4,7-12,15-16,18H,5-6,13-14H2,1-3H3,(H,28,32)/t16-,18-/m1/s1. The first-order valence-corrected chi connectivity index (χ1v) is 12.9. The second-order valence-electron chi connectivity index (χ2n) is 9.15. The Morgan fingerprint density at radius 2 is 1.94 bits per heavy atom. The fraction of sp³-hybridized carbons (Fsp3) is 0.333. The Kier molecular flexibility index (Phi) is 6.49. The molecular formula is C27H28N4O4S. The number of carbonyl (C=O) groups is 3. The fourth-order valence-electron chi connectivity index (χ4n) is 4.89. The predicted molar refractivity (Wildman–Crippen MR) is 139 cm³/mol. The molecule has 3 heterocycles. The molecule has 9 heteroatoms. The monoisotopic (exact) mass is 504 g/mol. The summed E-state index contributed by atoms with van der Waals surface area (Å²) >= 11 is 1.56. The highest BCUT2D eigenvalue weighted by Gasteiger charge is 2.40. The number of imide groups is 1. The third-order valence-corrected chi connectivity index (χ3v) is 7.59. The van der Waals surface area contributed by atoms with Crippen LogP contribution < -0.4 is 19.9 Å². The van der Waals surface area contributed by atoms with Crippen molar-refractivity contribution < 1.29 is 19.1 Å². The average Bonchev–Trinajstić information content (AvgIpc) is 3.45. The summed E-state index contributed by atoms with van der Waals surface area (Å²) in [5.74, 6) is -0.294. The van der Waals surface area contributed by atoms with Gasteiger partial charge in [0.25, 0.3) is 11.8 Å². The van der Waals surface area contributed by atoms with Crippen LogP contribution in [0.2, 0.25) is 0 Å². The number of amides is 3. The quantitative estimate of drug-likeness (QED) is 0.502. The van der Waals surface area contributed by atoms with Crippen molar-refractivity contribution in [3.63, 3.8) is 0 Å². The topological polar surface area (TPSA) is 91.8 Å². The number of aromatic nitrogens is 1. The minimum absolute atomic E-state index is 0.0207. The number of carbonyl (C=O) groups excluding carboxylic acids is 3. The molecule has 8 nitrogen and oxygen atoms in total. The van der Waals surface area contributed by atoms with E-state index in [1.54, 1.807) is 54.8 Å². The molecular weight excluding hydrogens is 476 g/mol.